The van der Waals surface area contributed by atoms with Crippen LogP contribution in [-0.4, -0.2) is 9.78 Å². The summed E-state index contributed by atoms with van der Waals surface area (Å²) >= 11 is 0. The Kier molecular flexibility index (Phi) is 7.85. The molecule has 0 radical (unpaired) electrons. The van der Waals surface area contributed by atoms with Crippen LogP contribution in [0.3, 0.4) is 0 Å². The summed E-state index contributed by atoms with van der Waals surface area (Å²) in [5.41, 5.74) is 1.46. The fraction of sp³-hybridized carbons (Fsp3) is 0.824. The van der Waals surface area contributed by atoms with Gasteiger partial charge in [0.1, 0.15) is 0 Å². The standard InChI is InChI=1S/C17H32N2/c1-5-7-9-10-12-16(11-8-6-2)17-13-18-19(14-17)15(3)4/h13-16H,5-12H2,1-4H3. The third-order valence-electron chi connectivity index (χ3n) is 3.93. The predicted octanol–water partition coefficient (Wildman–Crippen LogP) is 5.71. The highest BCUT2D eigenvalue weighted by atomic mass is 15.3. The highest BCUT2D eigenvalue weighted by molar-refractivity contribution is 5.11. The van der Waals surface area contributed by atoms with Gasteiger partial charge in [0.05, 0.1) is 6.20 Å². The molecule has 1 atom stereocenters. The summed E-state index contributed by atoms with van der Waals surface area (Å²) in [5, 5.41) is 4.51. The summed E-state index contributed by atoms with van der Waals surface area (Å²) in [6, 6.07) is 0.473. The first kappa shape index (κ1) is 16.3. The highest BCUT2D eigenvalue weighted by Crippen LogP contribution is 2.28. The largest absolute Gasteiger partial charge is 0.270 e. The summed E-state index contributed by atoms with van der Waals surface area (Å²) < 4.78 is 2.10. The van der Waals surface area contributed by atoms with Crippen molar-refractivity contribution in [2.45, 2.75) is 91.0 Å². The molecule has 0 N–H and O–H groups in total. The molecular formula is C17H32N2. The molecule has 2 heteroatoms. The topological polar surface area (TPSA) is 17.8 Å². The van der Waals surface area contributed by atoms with Gasteiger partial charge in [-0.1, -0.05) is 52.4 Å². The van der Waals surface area contributed by atoms with Crippen molar-refractivity contribution in [3.63, 3.8) is 0 Å². The minimum atomic E-state index is 0.473. The zero-order chi connectivity index (χ0) is 14.1. The average molecular weight is 264 g/mol. The quantitative estimate of drug-likeness (QED) is 0.495. The van der Waals surface area contributed by atoms with Crippen LogP contribution in [0.5, 0.6) is 0 Å². The van der Waals surface area contributed by atoms with Crippen molar-refractivity contribution in [2.75, 3.05) is 0 Å². The van der Waals surface area contributed by atoms with Crippen LogP contribution in [0, 0.1) is 0 Å². The molecule has 0 fully saturated rings. The Morgan fingerprint density at radius 2 is 1.68 bits per heavy atom. The predicted molar refractivity (Wildman–Crippen MR) is 83.6 cm³/mol. The maximum absolute atomic E-state index is 4.51. The van der Waals surface area contributed by atoms with Gasteiger partial charge in [-0.05, 0) is 38.2 Å². The van der Waals surface area contributed by atoms with E-state index < -0.39 is 0 Å². The van der Waals surface area contributed by atoms with E-state index in [-0.39, 0.29) is 0 Å². The maximum Gasteiger partial charge on any atom is 0.0524 e. The number of hydrogen-bond donors (Lipinski definition) is 0. The SMILES string of the molecule is CCCCCCC(CCCC)c1cnn(C(C)C)c1. The van der Waals surface area contributed by atoms with Crippen molar-refractivity contribution in [2.24, 2.45) is 0 Å². The van der Waals surface area contributed by atoms with Crippen molar-refractivity contribution in [1.82, 2.24) is 9.78 Å². The number of aromatic nitrogens is 2. The van der Waals surface area contributed by atoms with E-state index in [1.165, 1.54) is 56.9 Å². The van der Waals surface area contributed by atoms with Gasteiger partial charge in [0, 0.05) is 12.2 Å². The van der Waals surface area contributed by atoms with Gasteiger partial charge in [-0.2, -0.15) is 5.10 Å². The molecule has 0 saturated carbocycles. The first-order valence-corrected chi connectivity index (χ1v) is 8.23. The van der Waals surface area contributed by atoms with Gasteiger partial charge >= 0.3 is 0 Å². The van der Waals surface area contributed by atoms with E-state index in [4.69, 9.17) is 0 Å². The molecule has 0 aliphatic heterocycles. The van der Waals surface area contributed by atoms with Crippen molar-refractivity contribution >= 4 is 0 Å². The summed E-state index contributed by atoms with van der Waals surface area (Å²) in [6.45, 7) is 8.95. The Bertz CT molecular complexity index is 328. The summed E-state index contributed by atoms with van der Waals surface area (Å²) in [7, 11) is 0. The first-order chi connectivity index (χ1) is 9.19. The zero-order valence-corrected chi connectivity index (χ0v) is 13.4. The zero-order valence-electron chi connectivity index (χ0n) is 13.4. The van der Waals surface area contributed by atoms with Crippen LogP contribution in [-0.2, 0) is 0 Å². The lowest BCUT2D eigenvalue weighted by Crippen LogP contribution is -2.01. The van der Waals surface area contributed by atoms with Crippen molar-refractivity contribution in [3.05, 3.63) is 18.0 Å². The second-order valence-corrected chi connectivity index (χ2v) is 6.04. The van der Waals surface area contributed by atoms with Gasteiger partial charge in [0.2, 0.25) is 0 Å². The summed E-state index contributed by atoms with van der Waals surface area (Å²) in [6.07, 6.45) is 15.1. The van der Waals surface area contributed by atoms with E-state index in [1.807, 2.05) is 0 Å². The lowest BCUT2D eigenvalue weighted by atomic mass is 9.90. The molecule has 0 aliphatic rings. The molecule has 0 bridgehead atoms. The van der Waals surface area contributed by atoms with Gasteiger partial charge in [-0.25, -0.2) is 0 Å². The minimum Gasteiger partial charge on any atom is -0.270 e. The van der Waals surface area contributed by atoms with Crippen LogP contribution in [0.1, 0.15) is 96.6 Å². The second kappa shape index (κ2) is 9.17. The molecule has 1 rings (SSSR count). The van der Waals surface area contributed by atoms with E-state index in [0.29, 0.717) is 6.04 Å². The molecule has 0 amide bonds. The van der Waals surface area contributed by atoms with Crippen LogP contribution in [0.4, 0.5) is 0 Å². The van der Waals surface area contributed by atoms with Crippen LogP contribution >= 0.6 is 0 Å². The summed E-state index contributed by atoms with van der Waals surface area (Å²) in [5.74, 6) is 0.726. The van der Waals surface area contributed by atoms with E-state index in [9.17, 15) is 0 Å². The van der Waals surface area contributed by atoms with E-state index in [1.54, 1.807) is 0 Å². The Hall–Kier alpha value is -0.790. The first-order valence-electron chi connectivity index (χ1n) is 8.23. The molecular weight excluding hydrogens is 232 g/mol. The molecule has 1 aromatic heterocycles. The van der Waals surface area contributed by atoms with Crippen LogP contribution in [0.25, 0.3) is 0 Å². The molecule has 2 nitrogen and oxygen atoms in total. The highest BCUT2D eigenvalue weighted by Gasteiger charge is 2.13. The van der Waals surface area contributed by atoms with E-state index in [2.05, 4.69) is 49.9 Å². The number of unbranched alkanes of at least 4 members (excludes halogenated alkanes) is 4. The second-order valence-electron chi connectivity index (χ2n) is 6.04. The Morgan fingerprint density at radius 1 is 1.00 bits per heavy atom. The lowest BCUT2D eigenvalue weighted by molar-refractivity contribution is 0.504. The van der Waals surface area contributed by atoms with E-state index >= 15 is 0 Å². The van der Waals surface area contributed by atoms with Gasteiger partial charge in [-0.3, -0.25) is 4.68 Å². The van der Waals surface area contributed by atoms with Crippen molar-refractivity contribution < 1.29 is 0 Å². The minimum absolute atomic E-state index is 0.473. The summed E-state index contributed by atoms with van der Waals surface area (Å²) in [4.78, 5) is 0. The molecule has 1 unspecified atom stereocenters. The number of hydrogen-bond acceptors (Lipinski definition) is 1. The van der Waals surface area contributed by atoms with Crippen molar-refractivity contribution in [1.29, 1.82) is 0 Å². The lowest BCUT2D eigenvalue weighted by Gasteiger charge is -2.15. The third-order valence-corrected chi connectivity index (χ3v) is 3.93. The van der Waals surface area contributed by atoms with Gasteiger partial charge in [0.25, 0.3) is 0 Å². The van der Waals surface area contributed by atoms with Crippen LogP contribution < -0.4 is 0 Å². The number of rotatable bonds is 10. The average Bonchev–Trinajstić information content (AvgIpc) is 2.87. The molecule has 0 spiro atoms. The van der Waals surface area contributed by atoms with E-state index in [0.717, 1.165) is 5.92 Å². The molecule has 19 heavy (non-hydrogen) atoms. The van der Waals surface area contributed by atoms with Gasteiger partial charge in [0.15, 0.2) is 0 Å². The maximum atomic E-state index is 4.51. The smallest absolute Gasteiger partial charge is 0.0524 e. The molecule has 0 saturated heterocycles. The van der Waals surface area contributed by atoms with Crippen LogP contribution in [0.15, 0.2) is 12.4 Å². The fourth-order valence-electron chi connectivity index (χ4n) is 2.59. The monoisotopic (exact) mass is 264 g/mol. The molecule has 1 heterocycles. The Morgan fingerprint density at radius 3 is 2.26 bits per heavy atom. The molecule has 0 aromatic carbocycles. The number of nitrogens with zero attached hydrogens (tertiary/aromatic N) is 2. The van der Waals surface area contributed by atoms with Crippen molar-refractivity contribution in [3.8, 4) is 0 Å². The van der Waals surface area contributed by atoms with Crippen LogP contribution in [0.2, 0.25) is 0 Å². The molecule has 1 aromatic rings. The van der Waals surface area contributed by atoms with Gasteiger partial charge < -0.3 is 0 Å². The fourth-order valence-corrected chi connectivity index (χ4v) is 2.59. The molecule has 110 valence electrons. The normalized spacial score (nSPS) is 13.1. The van der Waals surface area contributed by atoms with Gasteiger partial charge in [-0.15, -0.1) is 0 Å². The Labute approximate surface area is 119 Å². The third kappa shape index (κ3) is 5.80. The Balaban J connectivity index is 2.55. The molecule has 0 aliphatic carbocycles.